The van der Waals surface area contributed by atoms with Crippen LogP contribution in [0.25, 0.3) is 0 Å². The predicted molar refractivity (Wildman–Crippen MR) is 72.4 cm³/mol. The molecule has 0 radical (unpaired) electrons. The maximum absolute atomic E-state index is 13.6. The normalized spacial score (nSPS) is 15.5. The third-order valence-corrected chi connectivity index (χ3v) is 2.98. The second-order valence-corrected chi connectivity index (χ2v) is 4.41. The van der Waals surface area contributed by atoms with Crippen LogP contribution in [0.3, 0.4) is 0 Å². The van der Waals surface area contributed by atoms with Crippen molar-refractivity contribution in [3.05, 3.63) is 59.4 Å². The van der Waals surface area contributed by atoms with Crippen LogP contribution in [0.1, 0.15) is 11.1 Å². The van der Waals surface area contributed by atoms with Crippen LogP contribution in [0, 0.1) is 12.7 Å². The first-order chi connectivity index (χ1) is 9.15. The Kier molecular flexibility index (Phi) is 2.63. The van der Waals surface area contributed by atoms with Crippen LogP contribution in [0.2, 0.25) is 0 Å². The van der Waals surface area contributed by atoms with E-state index in [1.54, 1.807) is 18.2 Å². The van der Waals surface area contributed by atoms with Crippen molar-refractivity contribution in [2.24, 2.45) is 4.99 Å². The Morgan fingerprint density at radius 1 is 1.16 bits per heavy atom. The SMILES string of the molecule is Cc1ccc2c(c1)C(=Nc1ccccc1F)C(=O)N2. The van der Waals surface area contributed by atoms with Gasteiger partial charge in [-0.15, -0.1) is 0 Å². The molecule has 94 valence electrons. The first-order valence-electron chi connectivity index (χ1n) is 5.91. The zero-order chi connectivity index (χ0) is 13.4. The molecule has 1 aliphatic heterocycles. The number of anilines is 1. The van der Waals surface area contributed by atoms with Gasteiger partial charge < -0.3 is 5.32 Å². The molecule has 0 saturated heterocycles. The average molecular weight is 254 g/mol. The minimum absolute atomic E-state index is 0.169. The van der Waals surface area contributed by atoms with Gasteiger partial charge in [-0.05, 0) is 31.2 Å². The number of nitrogens with zero attached hydrogens (tertiary/aromatic N) is 1. The second-order valence-electron chi connectivity index (χ2n) is 4.41. The van der Waals surface area contributed by atoms with Crippen molar-refractivity contribution >= 4 is 23.0 Å². The fourth-order valence-electron chi connectivity index (χ4n) is 2.04. The van der Waals surface area contributed by atoms with E-state index in [0.29, 0.717) is 11.3 Å². The molecule has 2 aromatic rings. The van der Waals surface area contributed by atoms with Gasteiger partial charge in [0.25, 0.3) is 5.91 Å². The lowest BCUT2D eigenvalue weighted by Gasteiger charge is -2.00. The van der Waals surface area contributed by atoms with Crippen LogP contribution < -0.4 is 5.32 Å². The van der Waals surface area contributed by atoms with Gasteiger partial charge in [-0.2, -0.15) is 0 Å². The largest absolute Gasteiger partial charge is 0.320 e. The van der Waals surface area contributed by atoms with E-state index in [1.165, 1.54) is 6.07 Å². The molecule has 1 aliphatic rings. The first-order valence-corrected chi connectivity index (χ1v) is 5.91. The summed E-state index contributed by atoms with van der Waals surface area (Å²) < 4.78 is 13.6. The number of carbonyl (C=O) groups excluding carboxylic acids is 1. The summed E-state index contributed by atoms with van der Waals surface area (Å²) in [5.41, 5.74) is 2.88. The third-order valence-electron chi connectivity index (χ3n) is 2.98. The zero-order valence-electron chi connectivity index (χ0n) is 10.3. The van der Waals surface area contributed by atoms with E-state index in [0.717, 1.165) is 5.56 Å². The Bertz CT molecular complexity index is 707. The molecule has 4 heteroatoms. The molecule has 1 heterocycles. The van der Waals surface area contributed by atoms with Gasteiger partial charge in [0.1, 0.15) is 11.5 Å². The number of carbonyl (C=O) groups is 1. The minimum Gasteiger partial charge on any atom is -0.320 e. The Balaban J connectivity index is 2.14. The number of halogens is 1. The Labute approximate surface area is 109 Å². The molecule has 0 spiro atoms. The molecule has 0 saturated carbocycles. The first kappa shape index (κ1) is 11.6. The van der Waals surface area contributed by atoms with Crippen molar-refractivity contribution in [3.8, 4) is 0 Å². The predicted octanol–water partition coefficient (Wildman–Crippen LogP) is 3.21. The molecule has 1 N–H and O–H groups in total. The summed E-state index contributed by atoms with van der Waals surface area (Å²) >= 11 is 0. The Hall–Kier alpha value is -2.49. The van der Waals surface area contributed by atoms with Crippen LogP contribution in [0.4, 0.5) is 15.8 Å². The van der Waals surface area contributed by atoms with Crippen molar-refractivity contribution < 1.29 is 9.18 Å². The quantitative estimate of drug-likeness (QED) is 0.834. The molecular formula is C15H11FN2O. The Morgan fingerprint density at radius 3 is 2.74 bits per heavy atom. The standard InChI is InChI=1S/C15H11FN2O/c1-9-6-7-12-10(8-9)14(15(19)18-12)17-13-5-3-2-4-11(13)16/h2-8H,1H3,(H,17,18,19). The zero-order valence-corrected chi connectivity index (χ0v) is 10.3. The van der Waals surface area contributed by atoms with Crippen molar-refractivity contribution in [2.75, 3.05) is 5.32 Å². The molecular weight excluding hydrogens is 243 g/mol. The average Bonchev–Trinajstić information content (AvgIpc) is 2.69. The number of amides is 1. The number of para-hydroxylation sites is 1. The number of aliphatic imine (C=N–C) groups is 1. The number of aryl methyl sites for hydroxylation is 1. The second kappa shape index (κ2) is 4.31. The van der Waals surface area contributed by atoms with Gasteiger partial charge in [-0.25, -0.2) is 9.38 Å². The maximum Gasteiger partial charge on any atom is 0.275 e. The van der Waals surface area contributed by atoms with Crippen molar-refractivity contribution in [1.82, 2.24) is 0 Å². The van der Waals surface area contributed by atoms with Crippen molar-refractivity contribution in [3.63, 3.8) is 0 Å². The number of hydrogen-bond donors (Lipinski definition) is 1. The summed E-state index contributed by atoms with van der Waals surface area (Å²) in [6.07, 6.45) is 0. The summed E-state index contributed by atoms with van der Waals surface area (Å²) in [6, 6.07) is 11.7. The number of hydrogen-bond acceptors (Lipinski definition) is 2. The van der Waals surface area contributed by atoms with Crippen LogP contribution in [-0.4, -0.2) is 11.6 Å². The van der Waals surface area contributed by atoms with Gasteiger partial charge in [0.15, 0.2) is 0 Å². The minimum atomic E-state index is -0.441. The van der Waals surface area contributed by atoms with Crippen LogP contribution in [0.15, 0.2) is 47.5 Å². The lowest BCUT2D eigenvalue weighted by Crippen LogP contribution is -2.14. The molecule has 0 aromatic heterocycles. The number of fused-ring (bicyclic) bond motifs is 1. The Morgan fingerprint density at radius 2 is 1.95 bits per heavy atom. The molecule has 0 fully saturated rings. The molecule has 0 bridgehead atoms. The van der Waals surface area contributed by atoms with Gasteiger partial charge in [-0.3, -0.25) is 4.79 Å². The highest BCUT2D eigenvalue weighted by Crippen LogP contribution is 2.27. The van der Waals surface area contributed by atoms with Gasteiger partial charge in [-0.1, -0.05) is 23.8 Å². The van der Waals surface area contributed by atoms with Crippen molar-refractivity contribution in [2.45, 2.75) is 6.92 Å². The van der Waals surface area contributed by atoms with E-state index in [9.17, 15) is 9.18 Å². The van der Waals surface area contributed by atoms with Crippen LogP contribution in [-0.2, 0) is 4.79 Å². The highest BCUT2D eigenvalue weighted by atomic mass is 19.1. The van der Waals surface area contributed by atoms with E-state index in [2.05, 4.69) is 10.3 Å². The topological polar surface area (TPSA) is 41.5 Å². The highest BCUT2D eigenvalue weighted by molar-refractivity contribution is 6.54. The lowest BCUT2D eigenvalue weighted by molar-refractivity contribution is -0.110. The summed E-state index contributed by atoms with van der Waals surface area (Å²) in [5.74, 6) is -0.743. The maximum atomic E-state index is 13.6. The van der Waals surface area contributed by atoms with E-state index >= 15 is 0 Å². The van der Waals surface area contributed by atoms with Crippen LogP contribution >= 0.6 is 0 Å². The summed E-state index contributed by atoms with van der Waals surface area (Å²) in [6.45, 7) is 1.93. The third kappa shape index (κ3) is 2.01. The summed E-state index contributed by atoms with van der Waals surface area (Å²) in [5, 5.41) is 2.72. The summed E-state index contributed by atoms with van der Waals surface area (Å²) in [7, 11) is 0. The molecule has 0 aliphatic carbocycles. The molecule has 0 atom stereocenters. The van der Waals surface area contributed by atoms with Crippen LogP contribution in [0.5, 0.6) is 0 Å². The van der Waals surface area contributed by atoms with Gasteiger partial charge in [0.2, 0.25) is 0 Å². The van der Waals surface area contributed by atoms with E-state index < -0.39 is 5.82 Å². The van der Waals surface area contributed by atoms with Gasteiger partial charge >= 0.3 is 0 Å². The number of rotatable bonds is 1. The van der Waals surface area contributed by atoms with Crippen molar-refractivity contribution in [1.29, 1.82) is 0 Å². The number of benzene rings is 2. The smallest absolute Gasteiger partial charge is 0.275 e. The van der Waals surface area contributed by atoms with E-state index in [4.69, 9.17) is 0 Å². The molecule has 19 heavy (non-hydrogen) atoms. The highest BCUT2D eigenvalue weighted by Gasteiger charge is 2.26. The summed E-state index contributed by atoms with van der Waals surface area (Å²) in [4.78, 5) is 16.0. The monoisotopic (exact) mass is 254 g/mol. The van der Waals surface area contributed by atoms with Gasteiger partial charge in [0, 0.05) is 5.56 Å². The van der Waals surface area contributed by atoms with E-state index in [-0.39, 0.29) is 17.3 Å². The van der Waals surface area contributed by atoms with E-state index in [1.807, 2.05) is 25.1 Å². The molecule has 3 nitrogen and oxygen atoms in total. The molecule has 3 rings (SSSR count). The molecule has 2 aromatic carbocycles. The fraction of sp³-hybridized carbons (Fsp3) is 0.0667. The van der Waals surface area contributed by atoms with Gasteiger partial charge in [0.05, 0.1) is 11.4 Å². The lowest BCUT2D eigenvalue weighted by atomic mass is 10.1. The molecule has 1 amide bonds. The fourth-order valence-corrected chi connectivity index (χ4v) is 2.04. The molecule has 0 unspecified atom stereocenters. The number of nitrogens with one attached hydrogen (secondary N) is 1.